The number of carbonyl (C=O) groups excluding carboxylic acids is 1. The maximum absolute atomic E-state index is 11.4. The number of rotatable bonds is 3. The zero-order chi connectivity index (χ0) is 11.3. The molecule has 0 saturated carbocycles. The van der Waals surface area contributed by atoms with Crippen LogP contribution >= 0.6 is 0 Å². The number of pyridine rings is 1. The fourth-order valence-corrected chi connectivity index (χ4v) is 1.02. The van der Waals surface area contributed by atoms with Crippen LogP contribution in [0.15, 0.2) is 12.1 Å². The van der Waals surface area contributed by atoms with Crippen molar-refractivity contribution in [3.8, 4) is 11.9 Å². The van der Waals surface area contributed by atoms with Gasteiger partial charge in [-0.05, 0) is 19.1 Å². The summed E-state index contributed by atoms with van der Waals surface area (Å²) in [4.78, 5) is 15.2. The van der Waals surface area contributed by atoms with E-state index < -0.39 is 5.97 Å². The Balaban J connectivity index is 3.08. The van der Waals surface area contributed by atoms with Crippen molar-refractivity contribution in [1.29, 1.82) is 5.26 Å². The minimum atomic E-state index is -0.508. The molecule has 0 radical (unpaired) electrons. The van der Waals surface area contributed by atoms with Crippen molar-refractivity contribution in [2.75, 3.05) is 13.7 Å². The fraction of sp³-hybridized carbons (Fsp3) is 0.300. The van der Waals surface area contributed by atoms with Gasteiger partial charge in [0.15, 0.2) is 0 Å². The summed E-state index contributed by atoms with van der Waals surface area (Å²) < 4.78 is 9.69. The highest BCUT2D eigenvalue weighted by Crippen LogP contribution is 2.16. The standard InChI is InChI=1S/C10H10N2O3/c1-3-15-10(13)8-5-4-7(6-11)12-9(8)14-2/h4-5H,3H2,1-2H3. The van der Waals surface area contributed by atoms with Crippen LogP contribution < -0.4 is 4.74 Å². The number of esters is 1. The van der Waals surface area contributed by atoms with E-state index in [1.54, 1.807) is 6.92 Å². The predicted molar refractivity (Wildman–Crippen MR) is 51.5 cm³/mol. The smallest absolute Gasteiger partial charge is 0.343 e. The fourth-order valence-electron chi connectivity index (χ4n) is 1.02. The summed E-state index contributed by atoms with van der Waals surface area (Å²) in [5, 5.41) is 8.61. The van der Waals surface area contributed by atoms with E-state index in [0.717, 1.165) is 0 Å². The molecule has 0 spiro atoms. The van der Waals surface area contributed by atoms with Gasteiger partial charge in [-0.3, -0.25) is 0 Å². The van der Waals surface area contributed by atoms with Gasteiger partial charge in [0.25, 0.3) is 0 Å². The Hall–Kier alpha value is -2.09. The summed E-state index contributed by atoms with van der Waals surface area (Å²) >= 11 is 0. The molecule has 0 aliphatic heterocycles. The first-order chi connectivity index (χ1) is 7.22. The lowest BCUT2D eigenvalue weighted by Gasteiger charge is -2.06. The second kappa shape index (κ2) is 4.96. The van der Waals surface area contributed by atoms with Crippen molar-refractivity contribution < 1.29 is 14.3 Å². The molecule has 1 heterocycles. The number of aromatic nitrogens is 1. The molecular formula is C10H10N2O3. The first kappa shape index (κ1) is 11.0. The van der Waals surface area contributed by atoms with Crippen molar-refractivity contribution in [1.82, 2.24) is 4.98 Å². The molecular weight excluding hydrogens is 196 g/mol. The van der Waals surface area contributed by atoms with Crippen molar-refractivity contribution in [3.63, 3.8) is 0 Å². The number of hydrogen-bond donors (Lipinski definition) is 0. The van der Waals surface area contributed by atoms with E-state index in [-0.39, 0.29) is 23.7 Å². The quantitative estimate of drug-likeness (QED) is 0.693. The Kier molecular flexibility index (Phi) is 3.63. The van der Waals surface area contributed by atoms with Crippen molar-refractivity contribution in [2.24, 2.45) is 0 Å². The van der Waals surface area contributed by atoms with Gasteiger partial charge >= 0.3 is 5.97 Å². The number of nitriles is 1. The lowest BCUT2D eigenvalue weighted by molar-refractivity contribution is 0.0522. The molecule has 1 aromatic rings. The van der Waals surface area contributed by atoms with E-state index in [9.17, 15) is 4.79 Å². The van der Waals surface area contributed by atoms with Gasteiger partial charge in [-0.2, -0.15) is 5.26 Å². The van der Waals surface area contributed by atoms with Gasteiger partial charge in [-0.1, -0.05) is 0 Å². The molecule has 5 heteroatoms. The van der Waals surface area contributed by atoms with Crippen LogP contribution in [0.1, 0.15) is 23.0 Å². The van der Waals surface area contributed by atoms with Crippen LogP contribution in [0.25, 0.3) is 0 Å². The lowest BCUT2D eigenvalue weighted by Crippen LogP contribution is -2.08. The van der Waals surface area contributed by atoms with Crippen molar-refractivity contribution in [2.45, 2.75) is 6.92 Å². The van der Waals surface area contributed by atoms with Gasteiger partial charge in [-0.15, -0.1) is 0 Å². The Labute approximate surface area is 87.3 Å². The van der Waals surface area contributed by atoms with E-state index in [0.29, 0.717) is 0 Å². The largest absolute Gasteiger partial charge is 0.480 e. The Morgan fingerprint density at radius 2 is 2.33 bits per heavy atom. The first-order valence-electron chi connectivity index (χ1n) is 4.35. The van der Waals surface area contributed by atoms with Gasteiger partial charge < -0.3 is 9.47 Å². The third-order valence-electron chi connectivity index (χ3n) is 1.66. The summed E-state index contributed by atoms with van der Waals surface area (Å²) in [5.74, 6) is -0.404. The average molecular weight is 206 g/mol. The number of hydrogen-bond acceptors (Lipinski definition) is 5. The van der Waals surface area contributed by atoms with Crippen LogP contribution in [-0.4, -0.2) is 24.7 Å². The van der Waals surface area contributed by atoms with E-state index in [2.05, 4.69) is 4.98 Å². The molecule has 0 aliphatic rings. The molecule has 15 heavy (non-hydrogen) atoms. The third-order valence-corrected chi connectivity index (χ3v) is 1.66. The van der Waals surface area contributed by atoms with Crippen LogP contribution in [0.4, 0.5) is 0 Å². The van der Waals surface area contributed by atoms with E-state index in [1.165, 1.54) is 19.2 Å². The molecule has 0 amide bonds. The molecule has 5 nitrogen and oxygen atoms in total. The number of ether oxygens (including phenoxy) is 2. The summed E-state index contributed by atoms with van der Waals surface area (Å²) in [5.41, 5.74) is 0.415. The minimum Gasteiger partial charge on any atom is -0.480 e. The molecule has 0 saturated heterocycles. The predicted octanol–water partition coefficient (Wildman–Crippen LogP) is 1.14. The van der Waals surface area contributed by atoms with Crippen LogP contribution in [0.2, 0.25) is 0 Å². The lowest BCUT2D eigenvalue weighted by atomic mass is 10.2. The van der Waals surface area contributed by atoms with Crippen LogP contribution in [0.3, 0.4) is 0 Å². The SMILES string of the molecule is CCOC(=O)c1ccc(C#N)nc1OC. The topological polar surface area (TPSA) is 72.2 Å². The Morgan fingerprint density at radius 3 is 2.87 bits per heavy atom. The molecule has 0 N–H and O–H groups in total. The van der Waals surface area contributed by atoms with E-state index in [4.69, 9.17) is 14.7 Å². The molecule has 0 atom stereocenters. The molecule has 78 valence electrons. The minimum absolute atomic E-state index is 0.104. The first-order valence-corrected chi connectivity index (χ1v) is 4.35. The third kappa shape index (κ3) is 2.44. The Morgan fingerprint density at radius 1 is 1.60 bits per heavy atom. The molecule has 0 unspecified atom stereocenters. The molecule has 0 bridgehead atoms. The van der Waals surface area contributed by atoms with Crippen LogP contribution in [0, 0.1) is 11.3 Å². The molecule has 1 rings (SSSR count). The van der Waals surface area contributed by atoms with E-state index in [1.807, 2.05) is 6.07 Å². The van der Waals surface area contributed by atoms with Gasteiger partial charge in [0.2, 0.25) is 5.88 Å². The highest BCUT2D eigenvalue weighted by atomic mass is 16.5. The van der Waals surface area contributed by atoms with Gasteiger partial charge in [0.05, 0.1) is 13.7 Å². The summed E-state index contributed by atoms with van der Waals surface area (Å²) in [7, 11) is 1.38. The zero-order valence-corrected chi connectivity index (χ0v) is 8.48. The summed E-state index contributed by atoms with van der Waals surface area (Å²) in [6.45, 7) is 1.99. The summed E-state index contributed by atoms with van der Waals surface area (Å²) in [6.07, 6.45) is 0. The highest BCUT2D eigenvalue weighted by Gasteiger charge is 2.14. The van der Waals surface area contributed by atoms with Crippen LogP contribution in [-0.2, 0) is 4.74 Å². The zero-order valence-electron chi connectivity index (χ0n) is 8.48. The molecule has 1 aromatic heterocycles. The average Bonchev–Trinajstić information content (AvgIpc) is 2.28. The van der Waals surface area contributed by atoms with Crippen molar-refractivity contribution in [3.05, 3.63) is 23.4 Å². The molecule has 0 aliphatic carbocycles. The summed E-state index contributed by atoms with van der Waals surface area (Å²) in [6, 6.07) is 4.76. The highest BCUT2D eigenvalue weighted by molar-refractivity contribution is 5.91. The van der Waals surface area contributed by atoms with Crippen LogP contribution in [0.5, 0.6) is 5.88 Å². The number of carbonyl (C=O) groups is 1. The Bertz CT molecular complexity index is 410. The number of methoxy groups -OCH3 is 1. The molecule has 0 aromatic carbocycles. The van der Waals surface area contributed by atoms with E-state index >= 15 is 0 Å². The second-order valence-electron chi connectivity index (χ2n) is 2.59. The van der Waals surface area contributed by atoms with Gasteiger partial charge in [0.1, 0.15) is 17.3 Å². The maximum Gasteiger partial charge on any atom is 0.343 e. The number of nitrogens with zero attached hydrogens (tertiary/aromatic N) is 2. The van der Waals surface area contributed by atoms with Gasteiger partial charge in [-0.25, -0.2) is 9.78 Å². The van der Waals surface area contributed by atoms with Crippen molar-refractivity contribution >= 4 is 5.97 Å². The molecule has 0 fully saturated rings. The second-order valence-corrected chi connectivity index (χ2v) is 2.59. The normalized spacial score (nSPS) is 9.13. The van der Waals surface area contributed by atoms with Gasteiger partial charge in [0, 0.05) is 0 Å². The maximum atomic E-state index is 11.4. The monoisotopic (exact) mass is 206 g/mol.